The van der Waals surface area contributed by atoms with Crippen molar-refractivity contribution in [1.82, 2.24) is 20.6 Å². The van der Waals surface area contributed by atoms with Crippen LogP contribution in [-0.4, -0.2) is 35.0 Å². The lowest BCUT2D eigenvalue weighted by molar-refractivity contribution is -0.124. The lowest BCUT2D eigenvalue weighted by Gasteiger charge is -2.22. The van der Waals surface area contributed by atoms with Gasteiger partial charge in [0.05, 0.1) is 16.6 Å². The number of nitrogens with zero attached hydrogens (tertiary/aromatic N) is 1. The van der Waals surface area contributed by atoms with Crippen LogP contribution in [0.1, 0.15) is 5.82 Å². The lowest BCUT2D eigenvalue weighted by Crippen LogP contribution is -2.53. The summed E-state index contributed by atoms with van der Waals surface area (Å²) in [5.41, 5.74) is 1.65. The van der Waals surface area contributed by atoms with Crippen molar-refractivity contribution in [2.24, 2.45) is 0 Å². The van der Waals surface area contributed by atoms with E-state index in [0.29, 0.717) is 18.0 Å². The van der Waals surface area contributed by atoms with Gasteiger partial charge in [-0.05, 0) is 12.1 Å². The molecule has 0 spiro atoms. The molecule has 1 unspecified atom stereocenters. The van der Waals surface area contributed by atoms with Crippen molar-refractivity contribution in [3.63, 3.8) is 0 Å². The highest BCUT2D eigenvalue weighted by Gasteiger charge is 2.22. The number of aromatic nitrogens is 2. The van der Waals surface area contributed by atoms with Crippen LogP contribution in [0.5, 0.6) is 0 Å². The second-order valence-electron chi connectivity index (χ2n) is 4.32. The molecule has 3 rings (SSSR count). The number of hydrogen-bond donors (Lipinski definition) is 3. The molecule has 1 amide bonds. The fourth-order valence-corrected chi connectivity index (χ4v) is 2.37. The summed E-state index contributed by atoms with van der Waals surface area (Å²) < 4.78 is 0. The number of halogens is 1. The smallest absolute Gasteiger partial charge is 0.237 e. The van der Waals surface area contributed by atoms with Crippen LogP contribution in [0.3, 0.4) is 0 Å². The van der Waals surface area contributed by atoms with Crippen LogP contribution in [0.15, 0.2) is 18.2 Å². The van der Waals surface area contributed by atoms with Crippen LogP contribution >= 0.6 is 11.6 Å². The Morgan fingerprint density at radius 1 is 1.39 bits per heavy atom. The highest BCUT2D eigenvalue weighted by molar-refractivity contribution is 6.34. The van der Waals surface area contributed by atoms with E-state index in [-0.39, 0.29) is 11.9 Å². The van der Waals surface area contributed by atoms with E-state index < -0.39 is 0 Å². The molecule has 1 aliphatic heterocycles. The van der Waals surface area contributed by atoms with Gasteiger partial charge in [0.2, 0.25) is 5.91 Å². The normalized spacial score (nSPS) is 20.1. The largest absolute Gasteiger partial charge is 0.353 e. The summed E-state index contributed by atoms with van der Waals surface area (Å²) in [4.78, 5) is 19.3. The highest BCUT2D eigenvalue weighted by Crippen LogP contribution is 2.21. The standard InChI is InChI=1S/C12H13ClN4O/c13-7-2-1-3-8-11(7)17-10(16-8)6-9-12(18)15-5-4-14-9/h1-3,9,14H,4-6H2,(H,15,18)(H,16,17). The SMILES string of the molecule is O=C1NCCNC1Cc1nc2c(Cl)cccc2[nH]1. The molecule has 1 aliphatic rings. The van der Waals surface area contributed by atoms with E-state index in [1.807, 2.05) is 12.1 Å². The van der Waals surface area contributed by atoms with Crippen molar-refractivity contribution < 1.29 is 4.79 Å². The molecule has 0 saturated carbocycles. The average molecular weight is 265 g/mol. The maximum absolute atomic E-state index is 11.6. The Morgan fingerprint density at radius 2 is 2.28 bits per heavy atom. The van der Waals surface area contributed by atoms with E-state index in [2.05, 4.69) is 20.6 Å². The van der Waals surface area contributed by atoms with Gasteiger partial charge in [-0.25, -0.2) is 4.98 Å². The molecule has 1 aromatic carbocycles. The quantitative estimate of drug-likeness (QED) is 0.753. The van der Waals surface area contributed by atoms with E-state index in [4.69, 9.17) is 11.6 Å². The Morgan fingerprint density at radius 3 is 3.06 bits per heavy atom. The van der Waals surface area contributed by atoms with E-state index >= 15 is 0 Å². The molecular weight excluding hydrogens is 252 g/mol. The molecule has 94 valence electrons. The molecular formula is C12H13ClN4O. The Hall–Kier alpha value is -1.59. The summed E-state index contributed by atoms with van der Waals surface area (Å²) in [5, 5.41) is 6.62. The molecule has 2 aromatic rings. The topological polar surface area (TPSA) is 69.8 Å². The Labute approximate surface area is 109 Å². The number of imidazole rings is 1. The summed E-state index contributed by atoms with van der Waals surface area (Å²) in [6.07, 6.45) is 0.539. The van der Waals surface area contributed by atoms with E-state index in [9.17, 15) is 4.79 Å². The molecule has 1 saturated heterocycles. The monoisotopic (exact) mass is 264 g/mol. The molecule has 18 heavy (non-hydrogen) atoms. The minimum atomic E-state index is -0.224. The fourth-order valence-electron chi connectivity index (χ4n) is 2.15. The third-order valence-electron chi connectivity index (χ3n) is 3.04. The number of aromatic amines is 1. The first-order valence-electron chi connectivity index (χ1n) is 5.88. The summed E-state index contributed by atoms with van der Waals surface area (Å²) in [7, 11) is 0. The molecule has 6 heteroatoms. The van der Waals surface area contributed by atoms with Gasteiger partial charge in [0.25, 0.3) is 0 Å². The maximum Gasteiger partial charge on any atom is 0.237 e. The lowest BCUT2D eigenvalue weighted by atomic mass is 10.1. The number of benzene rings is 1. The van der Waals surface area contributed by atoms with Gasteiger partial charge >= 0.3 is 0 Å². The first-order chi connectivity index (χ1) is 8.74. The van der Waals surface area contributed by atoms with Gasteiger partial charge in [-0.1, -0.05) is 17.7 Å². The molecule has 1 aromatic heterocycles. The van der Waals surface area contributed by atoms with Gasteiger partial charge in [0, 0.05) is 19.5 Å². The number of nitrogens with one attached hydrogen (secondary N) is 3. The molecule has 2 heterocycles. The number of piperazine rings is 1. The zero-order valence-corrected chi connectivity index (χ0v) is 10.4. The van der Waals surface area contributed by atoms with Crippen molar-refractivity contribution in [3.05, 3.63) is 29.0 Å². The molecule has 0 bridgehead atoms. The third kappa shape index (κ3) is 2.07. The number of H-pyrrole nitrogens is 1. The molecule has 5 nitrogen and oxygen atoms in total. The van der Waals surface area contributed by atoms with Gasteiger partial charge in [-0.2, -0.15) is 0 Å². The van der Waals surface area contributed by atoms with Crippen molar-refractivity contribution in [3.8, 4) is 0 Å². The molecule has 0 radical (unpaired) electrons. The van der Waals surface area contributed by atoms with Crippen LogP contribution < -0.4 is 10.6 Å². The summed E-state index contributed by atoms with van der Waals surface area (Å²) in [6.45, 7) is 1.47. The first-order valence-corrected chi connectivity index (χ1v) is 6.26. The third-order valence-corrected chi connectivity index (χ3v) is 3.35. The van der Waals surface area contributed by atoms with Crippen molar-refractivity contribution in [2.45, 2.75) is 12.5 Å². The fraction of sp³-hybridized carbons (Fsp3) is 0.333. The summed E-state index contributed by atoms with van der Waals surface area (Å²) >= 11 is 6.06. The molecule has 3 N–H and O–H groups in total. The predicted molar refractivity (Wildman–Crippen MR) is 69.6 cm³/mol. The number of amides is 1. The molecule has 1 atom stereocenters. The van der Waals surface area contributed by atoms with Gasteiger partial charge in [-0.3, -0.25) is 4.79 Å². The number of hydrogen-bond acceptors (Lipinski definition) is 3. The van der Waals surface area contributed by atoms with E-state index in [1.165, 1.54) is 0 Å². The van der Waals surface area contributed by atoms with E-state index in [1.54, 1.807) is 6.07 Å². The van der Waals surface area contributed by atoms with Crippen LogP contribution in [0.2, 0.25) is 5.02 Å². The number of carbonyl (C=O) groups excluding carboxylic acids is 1. The van der Waals surface area contributed by atoms with E-state index in [0.717, 1.165) is 23.4 Å². The van der Waals surface area contributed by atoms with Crippen LogP contribution in [-0.2, 0) is 11.2 Å². The zero-order valence-electron chi connectivity index (χ0n) is 9.66. The minimum Gasteiger partial charge on any atom is -0.353 e. The van der Waals surface area contributed by atoms with Crippen LogP contribution in [0.25, 0.3) is 11.0 Å². The van der Waals surface area contributed by atoms with Gasteiger partial charge < -0.3 is 15.6 Å². The average Bonchev–Trinajstić information content (AvgIpc) is 2.76. The predicted octanol–water partition coefficient (Wildman–Crippen LogP) is 0.847. The molecule has 0 aliphatic carbocycles. The van der Waals surface area contributed by atoms with Crippen LogP contribution in [0.4, 0.5) is 0 Å². The Kier molecular flexibility index (Phi) is 2.93. The number of para-hydroxylation sites is 1. The summed E-state index contributed by atoms with van der Waals surface area (Å²) in [5.74, 6) is 0.792. The van der Waals surface area contributed by atoms with Gasteiger partial charge in [0.1, 0.15) is 11.3 Å². The minimum absolute atomic E-state index is 0.0211. The van der Waals surface area contributed by atoms with Crippen molar-refractivity contribution in [1.29, 1.82) is 0 Å². The zero-order chi connectivity index (χ0) is 12.5. The molecule has 1 fully saturated rings. The van der Waals surface area contributed by atoms with Gasteiger partial charge in [0.15, 0.2) is 0 Å². The second kappa shape index (κ2) is 4.59. The van der Waals surface area contributed by atoms with Crippen molar-refractivity contribution >= 4 is 28.5 Å². The Balaban J connectivity index is 1.86. The first kappa shape index (κ1) is 11.5. The van der Waals surface area contributed by atoms with Crippen LogP contribution in [0, 0.1) is 0 Å². The second-order valence-corrected chi connectivity index (χ2v) is 4.73. The Bertz CT molecular complexity index is 595. The summed E-state index contributed by atoms with van der Waals surface area (Å²) in [6, 6.07) is 5.38. The number of rotatable bonds is 2. The number of fused-ring (bicyclic) bond motifs is 1. The van der Waals surface area contributed by atoms with Gasteiger partial charge in [-0.15, -0.1) is 0 Å². The maximum atomic E-state index is 11.6. The van der Waals surface area contributed by atoms with Crippen molar-refractivity contribution in [2.75, 3.05) is 13.1 Å². The number of carbonyl (C=O) groups is 1. The highest BCUT2D eigenvalue weighted by atomic mass is 35.5.